The lowest BCUT2D eigenvalue weighted by atomic mass is 9.93. The van der Waals surface area contributed by atoms with Gasteiger partial charge in [0, 0.05) is 0 Å². The largest absolute Gasteiger partial charge is 0.417 e. The number of benzene rings is 2. The van der Waals surface area contributed by atoms with E-state index in [1.165, 1.54) is 0 Å². The Bertz CT molecular complexity index is 736. The van der Waals surface area contributed by atoms with E-state index in [4.69, 9.17) is 0 Å². The van der Waals surface area contributed by atoms with Crippen molar-refractivity contribution in [2.75, 3.05) is 0 Å². The first-order chi connectivity index (χ1) is 10.8. The normalized spacial score (nSPS) is 13.2. The van der Waals surface area contributed by atoms with Crippen molar-refractivity contribution in [1.82, 2.24) is 0 Å². The van der Waals surface area contributed by atoms with Crippen LogP contribution in [0, 0.1) is 0 Å². The van der Waals surface area contributed by atoms with Crippen LogP contribution in [0.25, 0.3) is 11.1 Å². The van der Waals surface area contributed by atoms with E-state index in [1.807, 2.05) is 0 Å². The number of halogens is 9. The lowest BCUT2D eigenvalue weighted by Crippen LogP contribution is -2.17. The van der Waals surface area contributed by atoms with Crippen LogP contribution in [0.1, 0.15) is 16.7 Å². The van der Waals surface area contributed by atoms with E-state index in [0.717, 1.165) is 12.1 Å². The summed E-state index contributed by atoms with van der Waals surface area (Å²) in [6.45, 7) is 0. The lowest BCUT2D eigenvalue weighted by molar-refractivity contribution is -0.161. The Balaban J connectivity index is 2.77. The number of alkyl halides is 9. The Hall–Kier alpha value is -2.19. The third kappa shape index (κ3) is 3.65. The van der Waals surface area contributed by atoms with Crippen LogP contribution in [0.4, 0.5) is 39.5 Å². The fourth-order valence-electron chi connectivity index (χ4n) is 2.20. The molecule has 0 unspecified atom stereocenters. The van der Waals surface area contributed by atoms with E-state index in [2.05, 4.69) is 0 Å². The van der Waals surface area contributed by atoms with Crippen molar-refractivity contribution < 1.29 is 39.5 Å². The summed E-state index contributed by atoms with van der Waals surface area (Å²) in [7, 11) is 0. The van der Waals surface area contributed by atoms with Gasteiger partial charge in [-0.25, -0.2) is 0 Å². The van der Waals surface area contributed by atoms with Crippen LogP contribution in [0.3, 0.4) is 0 Å². The van der Waals surface area contributed by atoms with Gasteiger partial charge in [-0.3, -0.25) is 0 Å². The van der Waals surface area contributed by atoms with Gasteiger partial charge in [-0.1, -0.05) is 24.3 Å². The lowest BCUT2D eigenvalue weighted by Gasteiger charge is -2.19. The highest BCUT2D eigenvalue weighted by molar-refractivity contribution is 5.70. The van der Waals surface area contributed by atoms with Crippen molar-refractivity contribution in [2.24, 2.45) is 0 Å². The Labute approximate surface area is 129 Å². The molecule has 0 aromatic heterocycles. The van der Waals surface area contributed by atoms with Crippen molar-refractivity contribution in [1.29, 1.82) is 0 Å². The van der Waals surface area contributed by atoms with Gasteiger partial charge in [-0.2, -0.15) is 39.5 Å². The molecule has 0 bridgehead atoms. The Kier molecular flexibility index (Phi) is 4.32. The number of hydrogen-bond donors (Lipinski definition) is 0. The van der Waals surface area contributed by atoms with Crippen LogP contribution in [-0.2, 0) is 18.5 Å². The third-order valence-corrected chi connectivity index (χ3v) is 3.15. The summed E-state index contributed by atoms with van der Waals surface area (Å²) >= 11 is 0. The molecule has 24 heavy (non-hydrogen) atoms. The van der Waals surface area contributed by atoms with Gasteiger partial charge in [0.2, 0.25) is 0 Å². The number of rotatable bonds is 1. The van der Waals surface area contributed by atoms with E-state index in [-0.39, 0.29) is 6.07 Å². The highest BCUT2D eigenvalue weighted by Crippen LogP contribution is 2.45. The van der Waals surface area contributed by atoms with Crippen molar-refractivity contribution >= 4 is 0 Å². The van der Waals surface area contributed by atoms with Gasteiger partial charge in [0.05, 0.1) is 16.7 Å². The summed E-state index contributed by atoms with van der Waals surface area (Å²) in [6, 6.07) is 4.37. The first-order valence-electron chi connectivity index (χ1n) is 6.27. The first-order valence-corrected chi connectivity index (χ1v) is 6.27. The molecule has 0 aliphatic carbocycles. The second-order valence-electron chi connectivity index (χ2n) is 4.80. The van der Waals surface area contributed by atoms with Crippen LogP contribution >= 0.6 is 0 Å². The van der Waals surface area contributed by atoms with Gasteiger partial charge in [0.1, 0.15) is 0 Å². The molecule has 0 aliphatic heterocycles. The van der Waals surface area contributed by atoms with E-state index in [0.29, 0.717) is 24.3 Å². The molecule has 0 spiro atoms. The molecule has 0 radical (unpaired) electrons. The van der Waals surface area contributed by atoms with Crippen LogP contribution < -0.4 is 0 Å². The fourth-order valence-corrected chi connectivity index (χ4v) is 2.20. The summed E-state index contributed by atoms with van der Waals surface area (Å²) in [6.07, 6.45) is -15.5. The van der Waals surface area contributed by atoms with E-state index in [9.17, 15) is 39.5 Å². The Morgan fingerprint density at radius 1 is 0.583 bits per heavy atom. The van der Waals surface area contributed by atoms with Gasteiger partial charge in [-0.05, 0) is 29.3 Å². The quantitative estimate of drug-likeness (QED) is 0.517. The summed E-state index contributed by atoms with van der Waals surface area (Å²) < 4.78 is 116. The SMILES string of the molecule is FC(F)(F)c1cccc(-c2cccc(C(F)(F)F)c2C(F)(F)F)c1. The summed E-state index contributed by atoms with van der Waals surface area (Å²) in [5, 5.41) is 0. The second-order valence-corrected chi connectivity index (χ2v) is 4.80. The molecule has 2 aromatic carbocycles. The molecule has 0 saturated carbocycles. The second kappa shape index (κ2) is 5.71. The molecular formula is C15H7F9. The minimum absolute atomic E-state index is 0.236. The van der Waals surface area contributed by atoms with Crippen LogP contribution in [0.5, 0.6) is 0 Å². The predicted octanol–water partition coefficient (Wildman–Crippen LogP) is 6.41. The topological polar surface area (TPSA) is 0 Å². The Morgan fingerprint density at radius 2 is 1.17 bits per heavy atom. The molecule has 0 atom stereocenters. The van der Waals surface area contributed by atoms with Gasteiger partial charge in [-0.15, -0.1) is 0 Å². The maximum atomic E-state index is 13.1. The zero-order valence-electron chi connectivity index (χ0n) is 11.4. The molecule has 9 heteroatoms. The van der Waals surface area contributed by atoms with Gasteiger partial charge in [0.25, 0.3) is 0 Å². The van der Waals surface area contributed by atoms with Crippen molar-refractivity contribution in [3.8, 4) is 11.1 Å². The molecule has 0 aliphatic rings. The highest BCUT2D eigenvalue weighted by Gasteiger charge is 2.45. The molecule has 2 rings (SSSR count). The predicted molar refractivity (Wildman–Crippen MR) is 66.9 cm³/mol. The highest BCUT2D eigenvalue weighted by atomic mass is 19.4. The van der Waals surface area contributed by atoms with E-state index >= 15 is 0 Å². The molecular weight excluding hydrogens is 351 g/mol. The average Bonchev–Trinajstić information content (AvgIpc) is 2.44. The monoisotopic (exact) mass is 358 g/mol. The minimum atomic E-state index is -5.39. The maximum absolute atomic E-state index is 13.1. The van der Waals surface area contributed by atoms with Gasteiger partial charge in [0.15, 0.2) is 0 Å². The summed E-state index contributed by atoms with van der Waals surface area (Å²) in [4.78, 5) is 0. The maximum Gasteiger partial charge on any atom is 0.417 e. The van der Waals surface area contributed by atoms with Crippen LogP contribution in [0.2, 0.25) is 0 Å². The standard InChI is InChI=1S/C15H7F9/c16-13(17,18)9-4-1-3-8(7-9)10-5-2-6-11(14(19,20)21)12(10)15(22,23)24/h1-7H. The van der Waals surface area contributed by atoms with Crippen molar-refractivity contribution in [3.63, 3.8) is 0 Å². The zero-order chi connectivity index (χ0) is 18.3. The molecule has 0 saturated heterocycles. The molecule has 0 fully saturated rings. The smallest absolute Gasteiger partial charge is 0.166 e. The molecule has 130 valence electrons. The van der Waals surface area contributed by atoms with Crippen molar-refractivity contribution in [3.05, 3.63) is 59.2 Å². The minimum Gasteiger partial charge on any atom is -0.166 e. The fraction of sp³-hybridized carbons (Fsp3) is 0.200. The third-order valence-electron chi connectivity index (χ3n) is 3.15. The molecule has 0 N–H and O–H groups in total. The van der Waals surface area contributed by atoms with Gasteiger partial charge < -0.3 is 0 Å². The Morgan fingerprint density at radius 3 is 1.67 bits per heavy atom. The van der Waals surface area contributed by atoms with Crippen LogP contribution in [-0.4, -0.2) is 0 Å². The number of hydrogen-bond acceptors (Lipinski definition) is 0. The summed E-state index contributed by atoms with van der Waals surface area (Å²) in [5.41, 5.74) is -6.81. The average molecular weight is 358 g/mol. The van der Waals surface area contributed by atoms with Gasteiger partial charge >= 0.3 is 18.5 Å². The first kappa shape index (κ1) is 18.2. The molecule has 0 nitrogen and oxygen atoms in total. The zero-order valence-corrected chi connectivity index (χ0v) is 11.4. The van der Waals surface area contributed by atoms with Crippen LogP contribution in [0.15, 0.2) is 42.5 Å². The molecule has 0 amide bonds. The van der Waals surface area contributed by atoms with E-state index in [1.54, 1.807) is 0 Å². The molecule has 0 heterocycles. The van der Waals surface area contributed by atoms with E-state index < -0.39 is 46.3 Å². The van der Waals surface area contributed by atoms with Crippen molar-refractivity contribution in [2.45, 2.75) is 18.5 Å². The summed E-state index contributed by atoms with van der Waals surface area (Å²) in [5.74, 6) is 0. The molecule has 2 aromatic rings.